The molecule has 6 nitrogen and oxygen atoms in total. The Balaban J connectivity index is 0.00000161. The largest absolute Gasteiger partial charge is 0.366 e. The highest BCUT2D eigenvalue weighted by atomic mass is 35.5. The Hall–Kier alpha value is -1.63. The van der Waals surface area contributed by atoms with E-state index in [0.717, 1.165) is 24.2 Å². The van der Waals surface area contributed by atoms with Gasteiger partial charge < -0.3 is 20.7 Å². The Morgan fingerprint density at radius 3 is 2.95 bits per heavy atom. The van der Waals surface area contributed by atoms with Crippen LogP contribution in [0.15, 0.2) is 18.2 Å². The summed E-state index contributed by atoms with van der Waals surface area (Å²) >= 11 is 0. The lowest BCUT2D eigenvalue weighted by atomic mass is 10.0. The molecule has 7 heteroatoms. The van der Waals surface area contributed by atoms with E-state index in [9.17, 15) is 9.59 Å². The van der Waals surface area contributed by atoms with Gasteiger partial charge in [0.25, 0.3) is 5.91 Å². The van der Waals surface area contributed by atoms with Crippen LogP contribution >= 0.6 is 12.4 Å². The second-order valence-corrected chi connectivity index (χ2v) is 4.97. The van der Waals surface area contributed by atoms with Crippen LogP contribution in [0.3, 0.4) is 0 Å². The van der Waals surface area contributed by atoms with Crippen molar-refractivity contribution in [2.45, 2.75) is 18.9 Å². The Morgan fingerprint density at radius 2 is 2.19 bits per heavy atom. The maximum Gasteiger partial charge on any atom is 0.254 e. The predicted molar refractivity (Wildman–Crippen MR) is 81.9 cm³/mol. The fraction of sp³-hybridized carbons (Fsp3) is 0.429. The summed E-state index contributed by atoms with van der Waals surface area (Å²) in [6.07, 6.45) is 0.792. The van der Waals surface area contributed by atoms with Crippen LogP contribution in [-0.2, 0) is 20.7 Å². The molecule has 1 aromatic rings. The number of anilines is 2. The van der Waals surface area contributed by atoms with E-state index in [2.05, 4.69) is 16.0 Å². The quantitative estimate of drug-likeness (QED) is 0.759. The monoisotopic (exact) mass is 311 g/mol. The van der Waals surface area contributed by atoms with Crippen molar-refractivity contribution in [3.05, 3.63) is 23.8 Å². The first-order valence-corrected chi connectivity index (χ1v) is 6.78. The van der Waals surface area contributed by atoms with E-state index in [1.807, 2.05) is 12.1 Å². The molecule has 1 saturated heterocycles. The van der Waals surface area contributed by atoms with Gasteiger partial charge in [-0.15, -0.1) is 12.4 Å². The molecule has 3 N–H and O–H groups in total. The Bertz CT molecular complexity index is 544. The molecule has 114 valence electrons. The molecule has 0 saturated carbocycles. The number of aryl methyl sites for hydroxylation is 1. The average Bonchev–Trinajstić information content (AvgIpc) is 2.47. The van der Waals surface area contributed by atoms with E-state index in [-0.39, 0.29) is 24.2 Å². The fourth-order valence-corrected chi connectivity index (χ4v) is 2.41. The second kappa shape index (κ2) is 6.89. The number of carbonyl (C=O) groups is 2. The van der Waals surface area contributed by atoms with Crippen molar-refractivity contribution in [3.8, 4) is 0 Å². The first-order chi connectivity index (χ1) is 9.72. The summed E-state index contributed by atoms with van der Waals surface area (Å²) in [5, 5.41) is 8.75. The number of benzene rings is 1. The van der Waals surface area contributed by atoms with Crippen molar-refractivity contribution in [2.75, 3.05) is 30.3 Å². The third-order valence-corrected chi connectivity index (χ3v) is 3.49. The topological polar surface area (TPSA) is 79.5 Å². The van der Waals surface area contributed by atoms with E-state index in [0.29, 0.717) is 25.3 Å². The summed E-state index contributed by atoms with van der Waals surface area (Å²) in [5.74, 6) is -0.153. The van der Waals surface area contributed by atoms with E-state index < -0.39 is 6.10 Å². The van der Waals surface area contributed by atoms with E-state index in [1.54, 1.807) is 6.07 Å². The highest BCUT2D eigenvalue weighted by molar-refractivity contribution is 5.97. The summed E-state index contributed by atoms with van der Waals surface area (Å²) < 4.78 is 5.40. The van der Waals surface area contributed by atoms with E-state index in [1.165, 1.54) is 0 Å². The van der Waals surface area contributed by atoms with Gasteiger partial charge in [0.2, 0.25) is 5.91 Å². The third kappa shape index (κ3) is 3.72. The Kier molecular flexibility index (Phi) is 5.17. The SMILES string of the molecule is Cl.O=C1CCc2ccc(NC(=O)C3CNCCO3)cc2N1. The van der Waals surface area contributed by atoms with Gasteiger partial charge in [-0.25, -0.2) is 0 Å². The van der Waals surface area contributed by atoms with Crippen LogP contribution in [-0.4, -0.2) is 37.6 Å². The molecule has 0 aliphatic carbocycles. The Morgan fingerprint density at radius 1 is 1.33 bits per heavy atom. The average molecular weight is 312 g/mol. The van der Waals surface area contributed by atoms with Gasteiger partial charge in [-0.05, 0) is 24.1 Å². The molecule has 1 aromatic carbocycles. The van der Waals surface area contributed by atoms with Gasteiger partial charge in [0.1, 0.15) is 6.10 Å². The van der Waals surface area contributed by atoms with Crippen molar-refractivity contribution >= 4 is 35.6 Å². The third-order valence-electron chi connectivity index (χ3n) is 3.49. The number of amides is 2. The van der Waals surface area contributed by atoms with Gasteiger partial charge in [0.05, 0.1) is 6.61 Å². The molecule has 2 amide bonds. The van der Waals surface area contributed by atoms with Crippen LogP contribution < -0.4 is 16.0 Å². The second-order valence-electron chi connectivity index (χ2n) is 4.97. The highest BCUT2D eigenvalue weighted by Crippen LogP contribution is 2.26. The number of ether oxygens (including phenoxy) is 1. The maximum atomic E-state index is 12.0. The first-order valence-electron chi connectivity index (χ1n) is 6.78. The summed E-state index contributed by atoms with van der Waals surface area (Å²) in [5.41, 5.74) is 2.55. The number of carbonyl (C=O) groups excluding carboxylic acids is 2. The molecule has 1 atom stereocenters. The van der Waals surface area contributed by atoms with Crippen LogP contribution in [0.5, 0.6) is 0 Å². The van der Waals surface area contributed by atoms with Crippen molar-refractivity contribution in [2.24, 2.45) is 0 Å². The standard InChI is InChI=1S/C14H17N3O3.ClH/c18-13-4-2-9-1-3-10(7-11(9)17-13)16-14(19)12-8-15-5-6-20-12;/h1,3,7,12,15H,2,4-6,8H2,(H,16,19)(H,17,18);1H. The van der Waals surface area contributed by atoms with Gasteiger partial charge >= 0.3 is 0 Å². The zero-order valence-corrected chi connectivity index (χ0v) is 12.3. The van der Waals surface area contributed by atoms with Crippen LogP contribution in [0.2, 0.25) is 0 Å². The molecule has 3 rings (SSSR count). The number of nitrogens with one attached hydrogen (secondary N) is 3. The fourth-order valence-electron chi connectivity index (χ4n) is 2.41. The maximum absolute atomic E-state index is 12.0. The smallest absolute Gasteiger partial charge is 0.254 e. The number of hydrogen-bond donors (Lipinski definition) is 3. The van der Waals surface area contributed by atoms with Gasteiger partial charge in [-0.2, -0.15) is 0 Å². The van der Waals surface area contributed by atoms with Crippen LogP contribution in [0.1, 0.15) is 12.0 Å². The van der Waals surface area contributed by atoms with Crippen LogP contribution in [0, 0.1) is 0 Å². The molecular formula is C14H18ClN3O3. The highest BCUT2D eigenvalue weighted by Gasteiger charge is 2.22. The van der Waals surface area contributed by atoms with Gasteiger partial charge in [-0.3, -0.25) is 9.59 Å². The summed E-state index contributed by atoms with van der Waals surface area (Å²) in [4.78, 5) is 23.4. The summed E-state index contributed by atoms with van der Waals surface area (Å²) in [6.45, 7) is 1.83. The Labute approximate surface area is 129 Å². The van der Waals surface area contributed by atoms with Crippen LogP contribution in [0.25, 0.3) is 0 Å². The predicted octanol–water partition coefficient (Wildman–Crippen LogP) is 0.920. The molecule has 1 unspecified atom stereocenters. The molecule has 0 aromatic heterocycles. The molecule has 2 heterocycles. The molecule has 1 fully saturated rings. The number of halogens is 1. The lowest BCUT2D eigenvalue weighted by Crippen LogP contribution is -2.45. The number of hydrogen-bond acceptors (Lipinski definition) is 4. The lowest BCUT2D eigenvalue weighted by Gasteiger charge is -2.23. The van der Waals surface area contributed by atoms with Crippen molar-refractivity contribution in [1.82, 2.24) is 5.32 Å². The van der Waals surface area contributed by atoms with Crippen molar-refractivity contribution in [1.29, 1.82) is 0 Å². The molecule has 0 spiro atoms. The first kappa shape index (κ1) is 15.8. The number of fused-ring (bicyclic) bond motifs is 1. The van der Waals surface area contributed by atoms with Gasteiger partial charge in [-0.1, -0.05) is 6.07 Å². The number of morpholine rings is 1. The summed E-state index contributed by atoms with van der Waals surface area (Å²) in [7, 11) is 0. The minimum Gasteiger partial charge on any atom is -0.366 e. The molecule has 2 aliphatic rings. The summed E-state index contributed by atoms with van der Waals surface area (Å²) in [6, 6.07) is 5.58. The molecule has 0 bridgehead atoms. The van der Waals surface area contributed by atoms with Crippen molar-refractivity contribution in [3.63, 3.8) is 0 Å². The van der Waals surface area contributed by atoms with E-state index >= 15 is 0 Å². The molecule has 21 heavy (non-hydrogen) atoms. The molecule has 2 aliphatic heterocycles. The molecule has 0 radical (unpaired) electrons. The molecular weight excluding hydrogens is 294 g/mol. The van der Waals surface area contributed by atoms with Gasteiger partial charge in [0, 0.05) is 30.9 Å². The minimum atomic E-state index is -0.464. The minimum absolute atomic E-state index is 0. The lowest BCUT2D eigenvalue weighted by molar-refractivity contribution is -0.128. The van der Waals surface area contributed by atoms with Crippen molar-refractivity contribution < 1.29 is 14.3 Å². The zero-order chi connectivity index (χ0) is 13.9. The van der Waals surface area contributed by atoms with Gasteiger partial charge in [0.15, 0.2) is 0 Å². The van der Waals surface area contributed by atoms with Crippen LogP contribution in [0.4, 0.5) is 11.4 Å². The number of rotatable bonds is 2. The van der Waals surface area contributed by atoms with E-state index in [4.69, 9.17) is 4.74 Å². The normalized spacial score (nSPS) is 20.8. The zero-order valence-electron chi connectivity index (χ0n) is 11.5.